The predicted molar refractivity (Wildman–Crippen MR) is 119 cm³/mol. The first-order chi connectivity index (χ1) is 15.1. The van der Waals surface area contributed by atoms with E-state index >= 15 is 0 Å². The van der Waals surface area contributed by atoms with Crippen LogP contribution in [0.3, 0.4) is 0 Å². The van der Waals surface area contributed by atoms with Crippen LogP contribution in [0.2, 0.25) is 0 Å². The van der Waals surface area contributed by atoms with Gasteiger partial charge in [-0.1, -0.05) is 36.4 Å². The second-order valence-electron chi connectivity index (χ2n) is 6.42. The molecule has 1 aromatic carbocycles. The molecule has 0 saturated heterocycles. The van der Waals surface area contributed by atoms with Crippen molar-refractivity contribution < 1.29 is 19.0 Å². The number of anilines is 1. The van der Waals surface area contributed by atoms with Gasteiger partial charge >= 0.3 is 6.09 Å². The number of hydrogen-bond donors (Lipinski definition) is 1. The van der Waals surface area contributed by atoms with E-state index in [1.807, 2.05) is 61.7 Å². The minimum atomic E-state index is -0.732. The average molecular weight is 444 g/mol. The summed E-state index contributed by atoms with van der Waals surface area (Å²) >= 11 is 1.46. The summed E-state index contributed by atoms with van der Waals surface area (Å²) in [7, 11) is 0. The van der Waals surface area contributed by atoms with E-state index in [2.05, 4.69) is 10.3 Å². The van der Waals surface area contributed by atoms with Crippen LogP contribution in [-0.2, 0) is 27.4 Å². The van der Waals surface area contributed by atoms with Gasteiger partial charge in [0.15, 0.2) is 12.1 Å². The molecular formula is C22H25N3O5S. The molecule has 0 atom stereocenters. The Labute approximate surface area is 184 Å². The third kappa shape index (κ3) is 6.24. The van der Waals surface area contributed by atoms with Gasteiger partial charge in [0, 0.05) is 13.2 Å². The van der Waals surface area contributed by atoms with E-state index in [0.717, 1.165) is 10.4 Å². The standard InChI is InChI=1S/C22H25N3O5S/c1-3-28-19(29-4-2)14-25-20(18-11-8-12-31-18)23-13-17(21(25)26)24-22(27)30-15-16-9-6-5-7-10-16/h5-13,19H,3-4,14-15H2,1-2H3,(H,24,27). The second kappa shape index (κ2) is 11.4. The third-order valence-electron chi connectivity index (χ3n) is 4.27. The summed E-state index contributed by atoms with van der Waals surface area (Å²) in [5.41, 5.74) is 0.446. The molecule has 1 N–H and O–H groups in total. The first-order valence-corrected chi connectivity index (χ1v) is 10.8. The number of ether oxygens (including phenoxy) is 3. The van der Waals surface area contributed by atoms with Crippen LogP contribution in [0.5, 0.6) is 0 Å². The van der Waals surface area contributed by atoms with Gasteiger partial charge in [0.25, 0.3) is 5.56 Å². The summed E-state index contributed by atoms with van der Waals surface area (Å²) in [6.45, 7) is 4.81. The van der Waals surface area contributed by atoms with Crippen LogP contribution in [0.4, 0.5) is 10.5 Å². The molecule has 0 fully saturated rings. The fourth-order valence-corrected chi connectivity index (χ4v) is 3.62. The molecule has 0 unspecified atom stereocenters. The van der Waals surface area contributed by atoms with E-state index in [1.165, 1.54) is 22.1 Å². The van der Waals surface area contributed by atoms with Gasteiger partial charge in [0.1, 0.15) is 12.3 Å². The maximum Gasteiger partial charge on any atom is 0.412 e. The Morgan fingerprint density at radius 1 is 1.13 bits per heavy atom. The van der Waals surface area contributed by atoms with Crippen LogP contribution in [-0.4, -0.2) is 35.1 Å². The van der Waals surface area contributed by atoms with Crippen molar-refractivity contribution >= 4 is 23.1 Å². The van der Waals surface area contributed by atoms with Crippen LogP contribution in [0.25, 0.3) is 10.7 Å². The molecular weight excluding hydrogens is 418 g/mol. The largest absolute Gasteiger partial charge is 0.444 e. The number of nitrogens with zero attached hydrogens (tertiary/aromatic N) is 2. The lowest BCUT2D eigenvalue weighted by Crippen LogP contribution is -2.34. The van der Waals surface area contributed by atoms with Crippen molar-refractivity contribution in [2.45, 2.75) is 33.3 Å². The summed E-state index contributed by atoms with van der Waals surface area (Å²) in [6.07, 6.45) is -0.00793. The Morgan fingerprint density at radius 3 is 2.52 bits per heavy atom. The molecule has 3 aromatic rings. The number of carbonyl (C=O) groups is 1. The van der Waals surface area contributed by atoms with Gasteiger partial charge in [-0.25, -0.2) is 9.78 Å². The minimum absolute atomic E-state index is 0.0186. The van der Waals surface area contributed by atoms with Gasteiger partial charge in [-0.2, -0.15) is 0 Å². The molecule has 2 heterocycles. The Morgan fingerprint density at radius 2 is 1.87 bits per heavy atom. The quantitative estimate of drug-likeness (QED) is 0.474. The maximum atomic E-state index is 13.2. The lowest BCUT2D eigenvalue weighted by molar-refractivity contribution is -0.143. The number of thiophene rings is 1. The zero-order valence-corrected chi connectivity index (χ0v) is 18.3. The number of aromatic nitrogens is 2. The summed E-state index contributed by atoms with van der Waals surface area (Å²) in [4.78, 5) is 30.7. The van der Waals surface area contributed by atoms with Crippen LogP contribution in [0, 0.1) is 0 Å². The molecule has 0 aliphatic heterocycles. The highest BCUT2D eigenvalue weighted by Gasteiger charge is 2.19. The Kier molecular flexibility index (Phi) is 8.34. The van der Waals surface area contributed by atoms with Gasteiger partial charge in [0.2, 0.25) is 0 Å². The molecule has 8 nitrogen and oxygen atoms in total. The van der Waals surface area contributed by atoms with Crippen LogP contribution in [0.15, 0.2) is 58.8 Å². The van der Waals surface area contributed by atoms with E-state index in [-0.39, 0.29) is 18.8 Å². The first kappa shape index (κ1) is 22.7. The van der Waals surface area contributed by atoms with Crippen molar-refractivity contribution in [3.05, 3.63) is 70.0 Å². The molecule has 0 saturated carbocycles. The van der Waals surface area contributed by atoms with E-state index in [4.69, 9.17) is 14.2 Å². The maximum absolute atomic E-state index is 13.2. The topological polar surface area (TPSA) is 91.7 Å². The summed E-state index contributed by atoms with van der Waals surface area (Å²) in [5.74, 6) is 0.479. The fraction of sp³-hybridized carbons (Fsp3) is 0.318. The van der Waals surface area contributed by atoms with Gasteiger partial charge in [0.05, 0.1) is 17.6 Å². The highest BCUT2D eigenvalue weighted by Crippen LogP contribution is 2.23. The summed E-state index contributed by atoms with van der Waals surface area (Å²) in [5, 5.41) is 4.40. The van der Waals surface area contributed by atoms with Crippen molar-refractivity contribution in [1.29, 1.82) is 0 Å². The van der Waals surface area contributed by atoms with Crippen molar-refractivity contribution in [2.75, 3.05) is 18.5 Å². The molecule has 3 rings (SSSR count). The smallest absolute Gasteiger partial charge is 0.412 e. The highest BCUT2D eigenvalue weighted by atomic mass is 32.1. The van der Waals surface area contributed by atoms with Gasteiger partial charge in [-0.15, -0.1) is 11.3 Å². The number of nitrogens with one attached hydrogen (secondary N) is 1. The third-order valence-corrected chi connectivity index (χ3v) is 5.14. The van der Waals surface area contributed by atoms with Crippen molar-refractivity contribution in [2.24, 2.45) is 0 Å². The first-order valence-electron chi connectivity index (χ1n) is 9.97. The van der Waals surface area contributed by atoms with Gasteiger partial charge in [-0.05, 0) is 30.9 Å². The van der Waals surface area contributed by atoms with Crippen LogP contribution < -0.4 is 10.9 Å². The van der Waals surface area contributed by atoms with Crippen LogP contribution >= 0.6 is 11.3 Å². The molecule has 0 spiro atoms. The molecule has 1 amide bonds. The number of carbonyl (C=O) groups excluding carboxylic acids is 1. The highest BCUT2D eigenvalue weighted by molar-refractivity contribution is 7.13. The van der Waals surface area contributed by atoms with Crippen molar-refractivity contribution in [3.8, 4) is 10.7 Å². The molecule has 164 valence electrons. The predicted octanol–water partition coefficient (Wildman–Crippen LogP) is 4.12. The van der Waals surface area contributed by atoms with Gasteiger partial charge in [-0.3, -0.25) is 14.7 Å². The monoisotopic (exact) mass is 443 g/mol. The molecule has 0 bridgehead atoms. The van der Waals surface area contributed by atoms with Crippen molar-refractivity contribution in [1.82, 2.24) is 9.55 Å². The number of hydrogen-bond acceptors (Lipinski definition) is 7. The molecule has 0 radical (unpaired) electrons. The lowest BCUT2D eigenvalue weighted by atomic mass is 10.2. The molecule has 2 aromatic heterocycles. The van der Waals surface area contributed by atoms with E-state index < -0.39 is 17.9 Å². The SMILES string of the molecule is CCOC(Cn1c(-c2cccs2)ncc(NC(=O)OCc2ccccc2)c1=O)OCC. The summed E-state index contributed by atoms with van der Waals surface area (Å²) < 4.78 is 17.9. The van der Waals surface area contributed by atoms with E-state index in [0.29, 0.717) is 19.0 Å². The zero-order chi connectivity index (χ0) is 22.1. The lowest BCUT2D eigenvalue weighted by Gasteiger charge is -2.20. The van der Waals surface area contributed by atoms with E-state index in [1.54, 1.807) is 0 Å². The summed E-state index contributed by atoms with van der Waals surface area (Å²) in [6, 6.07) is 13.0. The average Bonchev–Trinajstić information content (AvgIpc) is 3.31. The second-order valence-corrected chi connectivity index (χ2v) is 7.36. The van der Waals surface area contributed by atoms with Gasteiger partial charge < -0.3 is 14.2 Å². The van der Waals surface area contributed by atoms with Crippen LogP contribution in [0.1, 0.15) is 19.4 Å². The normalized spacial score (nSPS) is 10.9. The Hall–Kier alpha value is -3.01. The Bertz CT molecular complexity index is 1020. The number of benzene rings is 1. The molecule has 0 aliphatic rings. The molecule has 0 aliphatic carbocycles. The number of rotatable bonds is 10. The number of amides is 1. The zero-order valence-electron chi connectivity index (χ0n) is 17.4. The molecule has 9 heteroatoms. The Balaban J connectivity index is 1.82. The molecule has 31 heavy (non-hydrogen) atoms. The van der Waals surface area contributed by atoms with E-state index in [9.17, 15) is 9.59 Å². The fourth-order valence-electron chi connectivity index (χ4n) is 2.89. The minimum Gasteiger partial charge on any atom is -0.444 e. The van der Waals surface area contributed by atoms with Crippen molar-refractivity contribution in [3.63, 3.8) is 0 Å².